The lowest BCUT2D eigenvalue weighted by Crippen LogP contribution is -2.02. The lowest BCUT2D eigenvalue weighted by atomic mass is 10.2. The fraction of sp³-hybridized carbons (Fsp3) is 0.0500. The topological polar surface area (TPSA) is 92.5 Å². The van der Waals surface area contributed by atoms with E-state index in [1.54, 1.807) is 11.3 Å². The number of allylic oxidation sites excluding steroid dienone is 2. The fourth-order valence-corrected chi connectivity index (χ4v) is 3.87. The summed E-state index contributed by atoms with van der Waals surface area (Å²) in [4.78, 5) is 9.49. The number of thiophene rings is 1. The second-order valence-corrected chi connectivity index (χ2v) is 7.21. The third-order valence-electron chi connectivity index (χ3n) is 4.39. The van der Waals surface area contributed by atoms with Gasteiger partial charge in [0.05, 0.1) is 16.4 Å². The molecule has 0 spiro atoms. The van der Waals surface area contributed by atoms with Gasteiger partial charge in [-0.3, -0.25) is 5.10 Å². The van der Waals surface area contributed by atoms with Gasteiger partial charge in [-0.1, -0.05) is 18.2 Å². The first-order valence-electron chi connectivity index (χ1n) is 8.55. The van der Waals surface area contributed by atoms with Crippen LogP contribution in [0.2, 0.25) is 0 Å². The van der Waals surface area contributed by atoms with Crippen LogP contribution in [0.4, 0.5) is 11.5 Å². The van der Waals surface area contributed by atoms with Crippen LogP contribution in [-0.2, 0) is 6.42 Å². The molecule has 6 nitrogen and oxygen atoms in total. The summed E-state index contributed by atoms with van der Waals surface area (Å²) < 4.78 is 1.02. The van der Waals surface area contributed by atoms with Gasteiger partial charge in [-0.15, -0.1) is 11.3 Å². The smallest absolute Gasteiger partial charge is 0.162 e. The zero-order chi connectivity index (χ0) is 18.2. The Labute approximate surface area is 159 Å². The number of H-pyrrole nitrogens is 1. The van der Waals surface area contributed by atoms with Gasteiger partial charge < -0.3 is 11.1 Å². The minimum atomic E-state index is 0.651. The number of nitrogens with one attached hydrogen (secondary N) is 2. The Morgan fingerprint density at radius 2 is 2.15 bits per heavy atom. The largest absolute Gasteiger partial charge is 0.399 e. The predicted molar refractivity (Wildman–Crippen MR) is 110 cm³/mol. The van der Waals surface area contributed by atoms with Crippen molar-refractivity contribution in [3.63, 3.8) is 0 Å². The van der Waals surface area contributed by atoms with Gasteiger partial charge in [0.15, 0.2) is 11.6 Å². The first kappa shape index (κ1) is 15.8. The first-order valence-corrected chi connectivity index (χ1v) is 9.43. The highest BCUT2D eigenvalue weighted by Gasteiger charge is 2.13. The molecule has 0 saturated heterocycles. The molecule has 1 aliphatic rings. The van der Waals surface area contributed by atoms with Crippen molar-refractivity contribution in [3.05, 3.63) is 71.0 Å². The van der Waals surface area contributed by atoms with E-state index in [4.69, 9.17) is 15.7 Å². The molecule has 0 atom stereocenters. The van der Waals surface area contributed by atoms with E-state index in [9.17, 15) is 0 Å². The van der Waals surface area contributed by atoms with Crippen LogP contribution in [0.25, 0.3) is 27.7 Å². The van der Waals surface area contributed by atoms with Gasteiger partial charge in [0.1, 0.15) is 0 Å². The van der Waals surface area contributed by atoms with Crippen LogP contribution < -0.4 is 11.1 Å². The number of anilines is 2. The summed E-state index contributed by atoms with van der Waals surface area (Å²) in [6.45, 7) is 0. The number of aromatic amines is 1. The van der Waals surface area contributed by atoms with Crippen molar-refractivity contribution >= 4 is 39.1 Å². The normalized spacial score (nSPS) is 13.3. The van der Waals surface area contributed by atoms with Gasteiger partial charge in [-0.05, 0) is 35.7 Å². The summed E-state index contributed by atoms with van der Waals surface area (Å²) in [6, 6.07) is 9.63. The third kappa shape index (κ3) is 2.98. The van der Waals surface area contributed by atoms with Crippen molar-refractivity contribution in [2.24, 2.45) is 0 Å². The number of hydrogen-bond donors (Lipinski definition) is 3. The summed E-state index contributed by atoms with van der Waals surface area (Å²) in [5, 5.41) is 12.7. The van der Waals surface area contributed by atoms with Crippen LogP contribution in [0.15, 0.2) is 59.8 Å². The highest BCUT2D eigenvalue weighted by atomic mass is 32.1. The summed E-state index contributed by atoms with van der Waals surface area (Å²) in [5.41, 5.74) is 11.6. The molecule has 1 aromatic carbocycles. The number of nitrogens with zero attached hydrogens (tertiary/aromatic N) is 3. The summed E-state index contributed by atoms with van der Waals surface area (Å²) in [5.74, 6) is 1.44. The zero-order valence-electron chi connectivity index (χ0n) is 14.3. The molecular formula is C20H16N6S. The SMILES string of the molecule is Nc1cccc(-c2nc(NC3=Cc4cn[nH]c4CC=C3)c3sccc3n2)c1. The van der Waals surface area contributed by atoms with E-state index in [2.05, 4.69) is 33.7 Å². The lowest BCUT2D eigenvalue weighted by molar-refractivity contribution is 1.01. The van der Waals surface area contributed by atoms with Crippen molar-refractivity contribution in [2.75, 3.05) is 11.1 Å². The molecule has 4 N–H and O–H groups in total. The second kappa shape index (κ2) is 6.37. The molecule has 7 heteroatoms. The van der Waals surface area contributed by atoms with Crippen molar-refractivity contribution in [1.29, 1.82) is 0 Å². The Morgan fingerprint density at radius 3 is 3.07 bits per heavy atom. The van der Waals surface area contributed by atoms with Crippen LogP contribution >= 0.6 is 11.3 Å². The summed E-state index contributed by atoms with van der Waals surface area (Å²) >= 11 is 1.62. The maximum atomic E-state index is 5.93. The van der Waals surface area contributed by atoms with E-state index in [1.807, 2.05) is 41.9 Å². The quantitative estimate of drug-likeness (QED) is 0.468. The van der Waals surface area contributed by atoms with Gasteiger partial charge in [-0.25, -0.2) is 9.97 Å². The van der Waals surface area contributed by atoms with Crippen LogP contribution in [0.3, 0.4) is 0 Å². The number of nitrogens with two attached hydrogens (primary N) is 1. The van der Waals surface area contributed by atoms with Crippen molar-refractivity contribution < 1.29 is 0 Å². The number of hydrogen-bond acceptors (Lipinski definition) is 6. The average Bonchev–Trinajstić information content (AvgIpc) is 3.27. The molecule has 0 bridgehead atoms. The van der Waals surface area contributed by atoms with Gasteiger partial charge in [0, 0.05) is 34.6 Å². The molecule has 0 radical (unpaired) electrons. The van der Waals surface area contributed by atoms with Gasteiger partial charge in [0.25, 0.3) is 0 Å². The maximum absolute atomic E-state index is 5.93. The van der Waals surface area contributed by atoms with E-state index < -0.39 is 0 Å². The highest BCUT2D eigenvalue weighted by molar-refractivity contribution is 7.17. The Hall–Kier alpha value is -3.45. The molecule has 0 saturated carbocycles. The molecule has 27 heavy (non-hydrogen) atoms. The average molecular weight is 372 g/mol. The maximum Gasteiger partial charge on any atom is 0.162 e. The first-order chi connectivity index (χ1) is 13.3. The Kier molecular flexibility index (Phi) is 3.72. The van der Waals surface area contributed by atoms with Gasteiger partial charge in [0.2, 0.25) is 0 Å². The summed E-state index contributed by atoms with van der Waals surface area (Å²) in [6.07, 6.45) is 8.90. The second-order valence-electron chi connectivity index (χ2n) is 6.29. The van der Waals surface area contributed by atoms with Crippen molar-refractivity contribution in [1.82, 2.24) is 20.2 Å². The van der Waals surface area contributed by atoms with Crippen molar-refractivity contribution in [2.45, 2.75) is 6.42 Å². The predicted octanol–water partition coefficient (Wildman–Crippen LogP) is 4.23. The Morgan fingerprint density at radius 1 is 1.19 bits per heavy atom. The summed E-state index contributed by atoms with van der Waals surface area (Å²) in [7, 11) is 0. The molecule has 3 aromatic heterocycles. The Balaban J connectivity index is 1.60. The molecular weight excluding hydrogens is 356 g/mol. The molecule has 0 fully saturated rings. The zero-order valence-corrected chi connectivity index (χ0v) is 15.1. The monoisotopic (exact) mass is 372 g/mol. The number of aromatic nitrogens is 4. The van der Waals surface area contributed by atoms with Crippen LogP contribution in [0.5, 0.6) is 0 Å². The number of benzene rings is 1. The molecule has 4 aromatic rings. The molecule has 0 unspecified atom stereocenters. The van der Waals surface area contributed by atoms with E-state index in [0.717, 1.165) is 45.0 Å². The molecule has 0 aliphatic heterocycles. The van der Waals surface area contributed by atoms with E-state index in [1.165, 1.54) is 0 Å². The standard InChI is InChI=1S/C20H16N6S/c21-14-4-1-3-12(9-14)19-24-17-7-8-27-18(17)20(25-19)23-15-5-2-6-16-13(10-15)11-22-26-16/h1-5,7-11H,6,21H2,(H,22,26)(H,23,24,25). The fourth-order valence-electron chi connectivity index (χ4n) is 3.10. The highest BCUT2D eigenvalue weighted by Crippen LogP contribution is 2.31. The Bertz CT molecular complexity index is 1200. The minimum Gasteiger partial charge on any atom is -0.399 e. The van der Waals surface area contributed by atoms with Crippen LogP contribution in [-0.4, -0.2) is 20.2 Å². The van der Waals surface area contributed by atoms with Crippen LogP contribution in [0, 0.1) is 0 Å². The molecule has 1 aliphatic carbocycles. The lowest BCUT2D eigenvalue weighted by Gasteiger charge is -2.10. The molecule has 5 rings (SSSR count). The third-order valence-corrected chi connectivity index (χ3v) is 5.30. The van der Waals surface area contributed by atoms with E-state index in [0.29, 0.717) is 11.5 Å². The van der Waals surface area contributed by atoms with Crippen molar-refractivity contribution in [3.8, 4) is 11.4 Å². The number of rotatable bonds is 3. The number of nitrogen functional groups attached to an aromatic ring is 1. The van der Waals surface area contributed by atoms with Crippen LogP contribution in [0.1, 0.15) is 11.3 Å². The van der Waals surface area contributed by atoms with Gasteiger partial charge >= 0.3 is 0 Å². The van der Waals surface area contributed by atoms with E-state index in [-0.39, 0.29) is 0 Å². The molecule has 132 valence electrons. The molecule has 3 heterocycles. The molecule has 0 amide bonds. The number of fused-ring (bicyclic) bond motifs is 2. The van der Waals surface area contributed by atoms with E-state index >= 15 is 0 Å². The minimum absolute atomic E-state index is 0.651. The van der Waals surface area contributed by atoms with Gasteiger partial charge in [-0.2, -0.15) is 5.10 Å².